The van der Waals surface area contributed by atoms with Crippen LogP contribution in [0, 0.1) is 0 Å². The Kier molecular flexibility index (Phi) is 13.7. The second kappa shape index (κ2) is 16.2. The summed E-state index contributed by atoms with van der Waals surface area (Å²) in [6.45, 7) is 0. The molecule has 15 nitrogen and oxygen atoms in total. The Balaban J connectivity index is 3.05. The number of hydrogen-bond acceptors (Lipinski definition) is 9. The highest BCUT2D eigenvalue weighted by Gasteiger charge is 2.31. The monoisotopic (exact) mass is 544 g/mol. The molecule has 0 spiro atoms. The van der Waals surface area contributed by atoms with Crippen LogP contribution in [0.4, 0.5) is 0 Å². The van der Waals surface area contributed by atoms with Crippen LogP contribution in [0.5, 0.6) is 0 Å². The van der Waals surface area contributed by atoms with Gasteiger partial charge < -0.3 is 42.0 Å². The number of nitrogens with one attached hydrogen (secondary N) is 4. The summed E-state index contributed by atoms with van der Waals surface area (Å²) < 4.78 is 0. The molecule has 0 fully saturated rings. The van der Waals surface area contributed by atoms with E-state index in [0.717, 1.165) is 0 Å². The molecule has 1 heterocycles. The average Bonchev–Trinajstić information content (AvgIpc) is 3.34. The van der Waals surface area contributed by atoms with E-state index >= 15 is 0 Å². The molecular formula is C21H32N6O9S. The van der Waals surface area contributed by atoms with Crippen LogP contribution in [-0.4, -0.2) is 97.1 Å². The van der Waals surface area contributed by atoms with E-state index in [-0.39, 0.29) is 6.42 Å². The Bertz CT molecular complexity index is 943. The minimum atomic E-state index is -1.58. The minimum Gasteiger partial charge on any atom is -0.481 e. The molecule has 0 aliphatic rings. The number of nitrogens with zero attached hydrogens (tertiary/aromatic N) is 1. The van der Waals surface area contributed by atoms with Gasteiger partial charge in [0.2, 0.25) is 17.7 Å². The molecule has 0 bridgehead atoms. The van der Waals surface area contributed by atoms with Gasteiger partial charge in [0.1, 0.15) is 18.1 Å². The number of hydrogen-bond donors (Lipinski definition) is 8. The summed E-state index contributed by atoms with van der Waals surface area (Å²) in [5.41, 5.74) is 6.36. The van der Waals surface area contributed by atoms with E-state index in [9.17, 15) is 33.9 Å². The second-order valence-electron chi connectivity index (χ2n) is 8.06. The molecule has 37 heavy (non-hydrogen) atoms. The van der Waals surface area contributed by atoms with E-state index < -0.39 is 85.5 Å². The zero-order valence-electron chi connectivity index (χ0n) is 20.1. The first-order valence-corrected chi connectivity index (χ1v) is 12.6. The lowest BCUT2D eigenvalue weighted by molar-refractivity contribution is -0.144. The third kappa shape index (κ3) is 12.2. The highest BCUT2D eigenvalue weighted by molar-refractivity contribution is 7.98. The zero-order valence-corrected chi connectivity index (χ0v) is 21.0. The van der Waals surface area contributed by atoms with E-state index in [2.05, 4.69) is 25.9 Å². The summed E-state index contributed by atoms with van der Waals surface area (Å²) in [6.07, 6.45) is 3.02. The Morgan fingerprint density at radius 3 is 1.95 bits per heavy atom. The van der Waals surface area contributed by atoms with Crippen LogP contribution in [0.15, 0.2) is 12.5 Å². The molecule has 0 aliphatic carbocycles. The Hall–Kier alpha value is -3.66. The first kappa shape index (κ1) is 31.4. The van der Waals surface area contributed by atoms with Gasteiger partial charge in [0.15, 0.2) is 0 Å². The van der Waals surface area contributed by atoms with E-state index in [1.54, 1.807) is 0 Å². The van der Waals surface area contributed by atoms with Crippen molar-refractivity contribution in [3.63, 3.8) is 0 Å². The van der Waals surface area contributed by atoms with Crippen molar-refractivity contribution >= 4 is 47.4 Å². The van der Waals surface area contributed by atoms with E-state index in [1.807, 2.05) is 6.26 Å². The second-order valence-corrected chi connectivity index (χ2v) is 9.04. The van der Waals surface area contributed by atoms with Crippen molar-refractivity contribution in [2.75, 3.05) is 12.0 Å². The van der Waals surface area contributed by atoms with Gasteiger partial charge in [-0.15, -0.1) is 0 Å². The van der Waals surface area contributed by atoms with Crippen molar-refractivity contribution < 1.29 is 44.1 Å². The molecule has 1 aromatic rings. The zero-order chi connectivity index (χ0) is 28.0. The molecule has 0 aromatic carbocycles. The number of carboxylic acid groups (broad SMARTS) is 3. The topological polar surface area (TPSA) is 254 Å². The molecular weight excluding hydrogens is 512 g/mol. The number of aromatic amines is 1. The Morgan fingerprint density at radius 1 is 0.892 bits per heavy atom. The summed E-state index contributed by atoms with van der Waals surface area (Å²) in [5, 5.41) is 34.2. The normalized spacial score (nSPS) is 14.0. The molecule has 206 valence electrons. The van der Waals surface area contributed by atoms with E-state index in [1.165, 1.54) is 24.3 Å². The van der Waals surface area contributed by atoms with Crippen molar-refractivity contribution in [1.29, 1.82) is 0 Å². The number of carbonyl (C=O) groups excluding carboxylic acids is 3. The number of amides is 3. The maximum atomic E-state index is 13.1. The summed E-state index contributed by atoms with van der Waals surface area (Å²) >= 11 is 1.49. The van der Waals surface area contributed by atoms with Crippen LogP contribution in [0.3, 0.4) is 0 Å². The van der Waals surface area contributed by atoms with Gasteiger partial charge in [-0.2, -0.15) is 11.8 Å². The van der Waals surface area contributed by atoms with Gasteiger partial charge in [-0.1, -0.05) is 0 Å². The third-order valence-corrected chi connectivity index (χ3v) is 5.77. The summed E-state index contributed by atoms with van der Waals surface area (Å²) in [7, 11) is 0. The summed E-state index contributed by atoms with van der Waals surface area (Å²) in [4.78, 5) is 78.4. The van der Waals surface area contributed by atoms with Crippen molar-refractivity contribution in [1.82, 2.24) is 25.9 Å². The number of carbonyl (C=O) groups is 6. The standard InChI is InChI=1S/C21H32N6O9S/c1-37-7-6-12(22)18(32)27-15(8-11-9-23-10-24-11)20(34)25-13(2-4-16(28)29)19(33)26-14(21(35)36)3-5-17(30)31/h9-10,12-15H,2-8,22H2,1H3,(H,23,24)(H,25,34)(H,26,33)(H,27,32)(H,28,29)(H,30,31)(H,35,36). The molecule has 3 amide bonds. The Labute approximate surface area is 216 Å². The Morgan fingerprint density at radius 2 is 1.43 bits per heavy atom. The number of imidazole rings is 1. The van der Waals surface area contributed by atoms with Crippen LogP contribution in [0.2, 0.25) is 0 Å². The van der Waals surface area contributed by atoms with Crippen LogP contribution in [-0.2, 0) is 35.2 Å². The molecule has 0 saturated heterocycles. The molecule has 4 atom stereocenters. The number of aliphatic carboxylic acids is 3. The van der Waals surface area contributed by atoms with Gasteiger partial charge in [-0.3, -0.25) is 24.0 Å². The predicted octanol–water partition coefficient (Wildman–Crippen LogP) is -1.70. The molecule has 0 radical (unpaired) electrons. The first-order valence-electron chi connectivity index (χ1n) is 11.2. The lowest BCUT2D eigenvalue weighted by Gasteiger charge is -2.25. The first-order chi connectivity index (χ1) is 17.4. The van der Waals surface area contributed by atoms with E-state index in [0.29, 0.717) is 17.9 Å². The highest BCUT2D eigenvalue weighted by Crippen LogP contribution is 2.06. The average molecular weight is 545 g/mol. The van der Waals surface area contributed by atoms with Crippen molar-refractivity contribution in [2.45, 2.75) is 62.7 Å². The maximum absolute atomic E-state index is 13.1. The number of nitrogens with two attached hydrogens (primary N) is 1. The van der Waals surface area contributed by atoms with Gasteiger partial charge in [0.25, 0.3) is 0 Å². The number of H-pyrrole nitrogens is 1. The molecule has 0 aliphatic heterocycles. The molecule has 1 rings (SSSR count). The summed E-state index contributed by atoms with van der Waals surface area (Å²) in [6, 6.07) is -5.19. The summed E-state index contributed by atoms with van der Waals surface area (Å²) in [5.74, 6) is -5.91. The third-order valence-electron chi connectivity index (χ3n) is 5.12. The quantitative estimate of drug-likeness (QED) is 0.103. The number of carboxylic acids is 3. The minimum absolute atomic E-state index is 0.0591. The molecule has 16 heteroatoms. The largest absolute Gasteiger partial charge is 0.481 e. The fourth-order valence-electron chi connectivity index (χ4n) is 3.09. The van der Waals surface area contributed by atoms with Gasteiger partial charge in [-0.25, -0.2) is 9.78 Å². The van der Waals surface area contributed by atoms with E-state index in [4.69, 9.17) is 15.9 Å². The number of thioether (sulfide) groups is 1. The van der Waals surface area contributed by atoms with Crippen molar-refractivity contribution in [3.8, 4) is 0 Å². The van der Waals surface area contributed by atoms with Crippen molar-refractivity contribution in [2.24, 2.45) is 5.73 Å². The van der Waals surface area contributed by atoms with Gasteiger partial charge in [0, 0.05) is 31.2 Å². The lowest BCUT2D eigenvalue weighted by Crippen LogP contribution is -2.57. The fourth-order valence-corrected chi connectivity index (χ4v) is 3.58. The van der Waals surface area contributed by atoms with Gasteiger partial charge in [-0.05, 0) is 31.3 Å². The molecule has 1 aromatic heterocycles. The van der Waals surface area contributed by atoms with Crippen LogP contribution in [0.25, 0.3) is 0 Å². The van der Waals surface area contributed by atoms with Gasteiger partial charge in [0.05, 0.1) is 12.4 Å². The lowest BCUT2D eigenvalue weighted by atomic mass is 10.1. The molecule has 4 unspecified atom stereocenters. The smallest absolute Gasteiger partial charge is 0.326 e. The SMILES string of the molecule is CSCCC(N)C(=O)NC(Cc1cnc[nH]1)C(=O)NC(CCC(=O)O)C(=O)NC(CCC(=O)O)C(=O)O. The van der Waals surface area contributed by atoms with Crippen LogP contribution in [0.1, 0.15) is 37.8 Å². The predicted molar refractivity (Wildman–Crippen MR) is 130 cm³/mol. The van der Waals surface area contributed by atoms with Gasteiger partial charge >= 0.3 is 17.9 Å². The number of aromatic nitrogens is 2. The maximum Gasteiger partial charge on any atom is 0.326 e. The molecule has 9 N–H and O–H groups in total. The van der Waals surface area contributed by atoms with Crippen molar-refractivity contribution in [3.05, 3.63) is 18.2 Å². The van der Waals surface area contributed by atoms with Crippen LogP contribution >= 0.6 is 11.8 Å². The highest BCUT2D eigenvalue weighted by atomic mass is 32.2. The molecule has 0 saturated carbocycles. The number of rotatable bonds is 18. The fraction of sp³-hybridized carbons (Fsp3) is 0.571. The van der Waals surface area contributed by atoms with Crippen LogP contribution < -0.4 is 21.7 Å².